The van der Waals surface area contributed by atoms with Crippen LogP contribution in [0, 0.1) is 0 Å². The minimum absolute atomic E-state index is 0.121. The molecule has 6 nitrogen and oxygen atoms in total. The van der Waals surface area contributed by atoms with Gasteiger partial charge in [-0.05, 0) is 32.3 Å². The molecule has 174 valence electrons. The summed E-state index contributed by atoms with van der Waals surface area (Å²) in [5, 5.41) is 12.5. The first-order valence-corrected chi connectivity index (χ1v) is 11.8. The average Bonchev–Trinajstić information content (AvgIpc) is 3.40. The molecule has 2 aliphatic rings. The van der Waals surface area contributed by atoms with Crippen molar-refractivity contribution in [3.8, 4) is 0 Å². The number of amides is 1. The first kappa shape index (κ1) is 25.3. The Morgan fingerprint density at radius 1 is 1.19 bits per heavy atom. The van der Waals surface area contributed by atoms with Crippen molar-refractivity contribution in [2.75, 3.05) is 0 Å². The monoisotopic (exact) mass is 433 g/mol. The Morgan fingerprint density at radius 3 is 2.65 bits per heavy atom. The van der Waals surface area contributed by atoms with Crippen molar-refractivity contribution in [1.82, 2.24) is 5.32 Å². The van der Waals surface area contributed by atoms with Crippen LogP contribution in [-0.4, -0.2) is 40.9 Å². The lowest BCUT2D eigenvalue weighted by Gasteiger charge is -2.17. The summed E-state index contributed by atoms with van der Waals surface area (Å²) in [6.45, 7) is 5.93. The lowest BCUT2D eigenvalue weighted by Crippen LogP contribution is -2.28. The number of carbonyl (C=O) groups excluding carboxylic acids is 2. The van der Waals surface area contributed by atoms with E-state index in [0.29, 0.717) is 18.6 Å². The van der Waals surface area contributed by atoms with Crippen LogP contribution in [0.3, 0.4) is 0 Å². The number of hydrogen-bond acceptors (Lipinski definition) is 5. The quantitative estimate of drug-likeness (QED) is 0.172. The fraction of sp³-hybridized carbons (Fsp3) is 0.680. The summed E-state index contributed by atoms with van der Waals surface area (Å²) in [7, 11) is 0. The zero-order chi connectivity index (χ0) is 22.7. The van der Waals surface area contributed by atoms with Crippen LogP contribution in [0.15, 0.2) is 36.1 Å². The van der Waals surface area contributed by atoms with Crippen LogP contribution in [0.4, 0.5) is 0 Å². The van der Waals surface area contributed by atoms with Gasteiger partial charge in [-0.2, -0.15) is 0 Å². The minimum atomic E-state index is -0.919. The maximum Gasteiger partial charge on any atom is 0.355 e. The fourth-order valence-corrected chi connectivity index (χ4v) is 3.63. The molecule has 4 atom stereocenters. The molecular formula is C25H39NO5. The van der Waals surface area contributed by atoms with Gasteiger partial charge in [0, 0.05) is 0 Å². The van der Waals surface area contributed by atoms with Crippen LogP contribution in [0.1, 0.15) is 85.0 Å². The molecule has 0 spiro atoms. The SMILES string of the molecule is CCCCCCCC[C@@H]1O[C@H]1C/C=C/C=C\[C@H](O)CC(=O)NC1=C[C@](C)(CC)OC1=O. The molecule has 0 bridgehead atoms. The van der Waals surface area contributed by atoms with Crippen LogP contribution >= 0.6 is 0 Å². The number of esters is 1. The molecule has 6 heteroatoms. The van der Waals surface area contributed by atoms with E-state index in [9.17, 15) is 14.7 Å². The Kier molecular flexibility index (Phi) is 10.5. The molecular weight excluding hydrogens is 394 g/mol. The van der Waals surface area contributed by atoms with Crippen molar-refractivity contribution >= 4 is 11.9 Å². The zero-order valence-electron chi connectivity index (χ0n) is 19.3. The lowest BCUT2D eigenvalue weighted by molar-refractivity contribution is -0.146. The molecule has 1 amide bonds. The highest BCUT2D eigenvalue weighted by atomic mass is 16.6. The number of hydrogen-bond donors (Lipinski definition) is 2. The number of aliphatic hydroxyl groups is 1. The Hall–Kier alpha value is -1.92. The molecule has 1 saturated heterocycles. The van der Waals surface area contributed by atoms with E-state index in [1.165, 1.54) is 38.5 Å². The highest BCUT2D eigenvalue weighted by Crippen LogP contribution is 2.30. The Labute approximate surface area is 186 Å². The highest BCUT2D eigenvalue weighted by molar-refractivity contribution is 5.96. The number of epoxide rings is 1. The second kappa shape index (κ2) is 12.8. The van der Waals surface area contributed by atoms with Gasteiger partial charge in [-0.1, -0.05) is 76.7 Å². The van der Waals surface area contributed by atoms with E-state index in [-0.39, 0.29) is 12.1 Å². The van der Waals surface area contributed by atoms with E-state index >= 15 is 0 Å². The van der Waals surface area contributed by atoms with Crippen molar-refractivity contribution in [2.24, 2.45) is 0 Å². The van der Waals surface area contributed by atoms with Crippen LogP contribution in [0.5, 0.6) is 0 Å². The number of allylic oxidation sites excluding steroid dienone is 2. The number of nitrogens with one attached hydrogen (secondary N) is 1. The van der Waals surface area contributed by atoms with Crippen LogP contribution in [0.2, 0.25) is 0 Å². The number of cyclic esters (lactones) is 1. The largest absolute Gasteiger partial charge is 0.450 e. The maximum absolute atomic E-state index is 12.0. The molecule has 2 aliphatic heterocycles. The predicted octanol–water partition coefficient (Wildman–Crippen LogP) is 4.48. The van der Waals surface area contributed by atoms with E-state index in [4.69, 9.17) is 9.47 Å². The topological polar surface area (TPSA) is 88.2 Å². The van der Waals surface area contributed by atoms with E-state index in [0.717, 1.165) is 12.8 Å². The second-order valence-electron chi connectivity index (χ2n) is 8.75. The number of unbranched alkanes of at least 4 members (excludes halogenated alkanes) is 5. The van der Waals surface area contributed by atoms with Crippen LogP contribution < -0.4 is 5.32 Å². The molecule has 0 aromatic heterocycles. The molecule has 2 rings (SSSR count). The minimum Gasteiger partial charge on any atom is -0.450 e. The molecule has 1 fully saturated rings. The standard InChI is InChI=1S/C25H39NO5/c1-4-6-7-8-9-12-15-21-22(30-21)16-13-10-11-14-19(27)17-23(28)26-20-18-25(3,5-2)31-24(20)29/h10-11,13-14,18-19,21-22,27H,4-9,12,15-17H2,1-3H3,(H,26,28)/b13-10+,14-11-/t19-,21-,22-,25-/m0/s1. The smallest absolute Gasteiger partial charge is 0.355 e. The molecule has 0 aromatic carbocycles. The maximum atomic E-state index is 12.0. The molecule has 0 saturated carbocycles. The van der Waals surface area contributed by atoms with Gasteiger partial charge in [-0.3, -0.25) is 4.79 Å². The van der Waals surface area contributed by atoms with Crippen molar-refractivity contribution in [2.45, 2.75) is 109 Å². The Balaban J connectivity index is 1.56. The predicted molar refractivity (Wildman–Crippen MR) is 121 cm³/mol. The first-order chi connectivity index (χ1) is 14.9. The molecule has 2 N–H and O–H groups in total. The number of aliphatic hydroxyl groups excluding tert-OH is 1. The average molecular weight is 434 g/mol. The molecule has 0 aliphatic carbocycles. The van der Waals surface area contributed by atoms with Crippen molar-refractivity contribution in [3.63, 3.8) is 0 Å². The zero-order valence-corrected chi connectivity index (χ0v) is 19.3. The van der Waals surface area contributed by atoms with Gasteiger partial charge < -0.3 is 19.9 Å². The molecule has 0 radical (unpaired) electrons. The molecule has 0 aromatic rings. The van der Waals surface area contributed by atoms with Crippen molar-refractivity contribution in [3.05, 3.63) is 36.1 Å². The fourth-order valence-electron chi connectivity index (χ4n) is 3.63. The van der Waals surface area contributed by atoms with E-state index in [1.54, 1.807) is 25.2 Å². The summed E-state index contributed by atoms with van der Waals surface area (Å²) in [4.78, 5) is 23.9. The third kappa shape index (κ3) is 9.40. The van der Waals surface area contributed by atoms with Gasteiger partial charge >= 0.3 is 5.97 Å². The Bertz CT molecular complexity index is 683. The van der Waals surface area contributed by atoms with E-state index in [2.05, 4.69) is 12.2 Å². The van der Waals surface area contributed by atoms with Gasteiger partial charge in [0.15, 0.2) is 0 Å². The molecule has 31 heavy (non-hydrogen) atoms. The summed E-state index contributed by atoms with van der Waals surface area (Å²) >= 11 is 0. The first-order valence-electron chi connectivity index (χ1n) is 11.8. The van der Waals surface area contributed by atoms with E-state index < -0.39 is 23.6 Å². The van der Waals surface area contributed by atoms with Gasteiger partial charge in [0.1, 0.15) is 11.3 Å². The third-order valence-corrected chi connectivity index (χ3v) is 5.84. The van der Waals surface area contributed by atoms with Gasteiger partial charge in [0.2, 0.25) is 5.91 Å². The summed E-state index contributed by atoms with van der Waals surface area (Å²) < 4.78 is 10.9. The summed E-state index contributed by atoms with van der Waals surface area (Å²) in [6.07, 6.45) is 19.0. The molecule has 0 unspecified atom stereocenters. The van der Waals surface area contributed by atoms with Crippen molar-refractivity contribution in [1.29, 1.82) is 0 Å². The highest BCUT2D eigenvalue weighted by Gasteiger charge is 2.36. The molecule has 2 heterocycles. The Morgan fingerprint density at radius 2 is 1.94 bits per heavy atom. The summed E-state index contributed by atoms with van der Waals surface area (Å²) in [5.74, 6) is -0.962. The summed E-state index contributed by atoms with van der Waals surface area (Å²) in [6, 6.07) is 0. The van der Waals surface area contributed by atoms with E-state index in [1.807, 2.05) is 19.1 Å². The van der Waals surface area contributed by atoms with Gasteiger partial charge in [0.25, 0.3) is 0 Å². The number of rotatable bonds is 15. The van der Waals surface area contributed by atoms with Crippen LogP contribution in [-0.2, 0) is 19.1 Å². The van der Waals surface area contributed by atoms with Gasteiger partial charge in [-0.15, -0.1) is 0 Å². The summed E-state index contributed by atoms with van der Waals surface area (Å²) in [5.41, 5.74) is -0.535. The lowest BCUT2D eigenvalue weighted by atomic mass is 10.0. The van der Waals surface area contributed by atoms with Crippen LogP contribution in [0.25, 0.3) is 0 Å². The van der Waals surface area contributed by atoms with Gasteiger partial charge in [-0.25, -0.2) is 4.79 Å². The normalized spacial score (nSPS) is 26.3. The number of ether oxygens (including phenoxy) is 2. The van der Waals surface area contributed by atoms with Gasteiger partial charge in [0.05, 0.1) is 24.7 Å². The number of carbonyl (C=O) groups is 2. The third-order valence-electron chi connectivity index (χ3n) is 5.84. The van der Waals surface area contributed by atoms with Crippen molar-refractivity contribution < 1.29 is 24.2 Å². The second-order valence-corrected chi connectivity index (χ2v) is 8.75.